The molecule has 1 aliphatic heterocycles. The molecule has 3 rings (SSSR count). The molecule has 1 N–H and O–H groups in total. The number of fused-ring (bicyclic) bond motifs is 1. The van der Waals surface area contributed by atoms with Gasteiger partial charge in [0.2, 0.25) is 0 Å². The van der Waals surface area contributed by atoms with E-state index in [2.05, 4.69) is 0 Å². The van der Waals surface area contributed by atoms with Gasteiger partial charge in [-0.25, -0.2) is 4.39 Å². The monoisotopic (exact) mass is 292 g/mol. The third-order valence-corrected chi connectivity index (χ3v) is 3.77. The van der Waals surface area contributed by atoms with E-state index in [1.165, 1.54) is 12.1 Å². The minimum Gasteiger partial charge on any atom is -0.485 e. The lowest BCUT2D eigenvalue weighted by Gasteiger charge is -2.30. The average Bonchev–Trinajstić information content (AvgIpc) is 2.42. The summed E-state index contributed by atoms with van der Waals surface area (Å²) in [6.45, 7) is 1.95. The highest BCUT2D eigenvalue weighted by atomic mass is 35.5. The Morgan fingerprint density at radius 1 is 1.20 bits per heavy atom. The molecule has 0 bridgehead atoms. The number of aliphatic hydroxyl groups is 1. The molecule has 4 heteroatoms. The van der Waals surface area contributed by atoms with Crippen LogP contribution in [0.1, 0.15) is 35.3 Å². The fourth-order valence-corrected chi connectivity index (χ4v) is 2.70. The molecule has 2 aromatic rings. The van der Waals surface area contributed by atoms with Gasteiger partial charge in [-0.2, -0.15) is 0 Å². The van der Waals surface area contributed by atoms with Crippen LogP contribution in [0.5, 0.6) is 5.75 Å². The topological polar surface area (TPSA) is 29.5 Å². The van der Waals surface area contributed by atoms with Crippen LogP contribution in [0, 0.1) is 12.7 Å². The fraction of sp³-hybridized carbons (Fsp3) is 0.250. The number of hydrogen-bond donors (Lipinski definition) is 1. The van der Waals surface area contributed by atoms with Gasteiger partial charge in [-0.05, 0) is 37.3 Å². The van der Waals surface area contributed by atoms with E-state index in [1.54, 1.807) is 6.07 Å². The molecule has 0 radical (unpaired) electrons. The van der Waals surface area contributed by atoms with Crippen molar-refractivity contribution in [3.8, 4) is 5.75 Å². The van der Waals surface area contributed by atoms with E-state index in [0.717, 1.165) is 11.1 Å². The van der Waals surface area contributed by atoms with Crippen LogP contribution < -0.4 is 4.74 Å². The summed E-state index contributed by atoms with van der Waals surface area (Å²) >= 11 is 5.91. The largest absolute Gasteiger partial charge is 0.485 e. The van der Waals surface area contributed by atoms with E-state index in [-0.39, 0.29) is 5.82 Å². The third kappa shape index (κ3) is 2.39. The second kappa shape index (κ2) is 5.08. The number of hydrogen-bond acceptors (Lipinski definition) is 2. The lowest BCUT2D eigenvalue weighted by atomic mass is 9.94. The summed E-state index contributed by atoms with van der Waals surface area (Å²) in [5.74, 6) is 0.223. The normalized spacial score (nSPS) is 21.2. The van der Waals surface area contributed by atoms with Gasteiger partial charge in [0, 0.05) is 22.6 Å². The lowest BCUT2D eigenvalue weighted by Crippen LogP contribution is -2.20. The van der Waals surface area contributed by atoms with E-state index in [4.69, 9.17) is 16.3 Å². The van der Waals surface area contributed by atoms with E-state index < -0.39 is 12.2 Å². The number of aliphatic hydroxyl groups excluding tert-OH is 1. The van der Waals surface area contributed by atoms with E-state index in [9.17, 15) is 9.50 Å². The summed E-state index contributed by atoms with van der Waals surface area (Å²) in [5.41, 5.74) is 2.19. The first-order chi connectivity index (χ1) is 9.54. The number of halogens is 2. The van der Waals surface area contributed by atoms with Crippen LogP contribution >= 0.6 is 11.6 Å². The highest BCUT2D eigenvalue weighted by Crippen LogP contribution is 2.42. The predicted octanol–water partition coefficient (Wildman–Crippen LogP) is 4.34. The van der Waals surface area contributed by atoms with E-state index >= 15 is 0 Å². The Morgan fingerprint density at radius 2 is 2.00 bits per heavy atom. The van der Waals surface area contributed by atoms with Crippen LogP contribution in [-0.4, -0.2) is 5.11 Å². The summed E-state index contributed by atoms with van der Waals surface area (Å²) in [5, 5.41) is 10.7. The van der Waals surface area contributed by atoms with E-state index in [1.807, 2.05) is 25.1 Å². The van der Waals surface area contributed by atoms with Crippen molar-refractivity contribution < 1.29 is 14.2 Å². The SMILES string of the molecule is Cc1ccc2c(c1)C(O)CC(c1cc(Cl)ccc1F)O2. The van der Waals surface area contributed by atoms with Gasteiger partial charge in [-0.1, -0.05) is 23.2 Å². The minimum absolute atomic E-state index is 0.313. The zero-order valence-electron chi connectivity index (χ0n) is 10.9. The highest BCUT2D eigenvalue weighted by molar-refractivity contribution is 6.30. The first kappa shape index (κ1) is 13.4. The molecule has 1 heterocycles. The molecule has 0 fully saturated rings. The lowest BCUT2D eigenvalue weighted by molar-refractivity contribution is 0.0639. The summed E-state index contributed by atoms with van der Waals surface area (Å²) in [7, 11) is 0. The highest BCUT2D eigenvalue weighted by Gasteiger charge is 2.29. The van der Waals surface area contributed by atoms with Gasteiger partial charge in [-0.3, -0.25) is 0 Å². The standard InChI is InChI=1S/C16H14ClFO2/c1-9-2-5-15-12(6-9)14(19)8-16(20-15)11-7-10(17)3-4-13(11)18/h2-7,14,16,19H,8H2,1H3. The summed E-state index contributed by atoms with van der Waals surface area (Å²) in [6, 6.07) is 9.97. The van der Waals surface area contributed by atoms with Crippen LogP contribution in [0.4, 0.5) is 4.39 Å². The maximum absolute atomic E-state index is 13.9. The van der Waals surface area contributed by atoms with Crippen LogP contribution in [0.3, 0.4) is 0 Å². The molecule has 0 saturated carbocycles. The Labute approximate surface area is 121 Å². The van der Waals surface area contributed by atoms with Crippen molar-refractivity contribution in [3.05, 3.63) is 63.9 Å². The van der Waals surface area contributed by atoms with Gasteiger partial charge in [-0.15, -0.1) is 0 Å². The van der Waals surface area contributed by atoms with Crippen molar-refractivity contribution in [2.75, 3.05) is 0 Å². The van der Waals surface area contributed by atoms with Gasteiger partial charge in [0.05, 0.1) is 6.10 Å². The maximum Gasteiger partial charge on any atom is 0.130 e. The molecule has 0 aromatic heterocycles. The third-order valence-electron chi connectivity index (χ3n) is 3.54. The van der Waals surface area contributed by atoms with Crippen molar-refractivity contribution in [2.45, 2.75) is 25.6 Å². The number of aryl methyl sites for hydroxylation is 1. The molecule has 2 atom stereocenters. The maximum atomic E-state index is 13.9. The molecule has 0 aliphatic carbocycles. The Balaban J connectivity index is 1.99. The van der Waals surface area contributed by atoms with Gasteiger partial charge in [0.25, 0.3) is 0 Å². The molecule has 0 amide bonds. The summed E-state index contributed by atoms with van der Waals surface area (Å²) in [6.07, 6.45) is -0.880. The van der Waals surface area contributed by atoms with Crippen LogP contribution in [-0.2, 0) is 0 Å². The van der Waals surface area contributed by atoms with E-state index in [0.29, 0.717) is 22.8 Å². The van der Waals surface area contributed by atoms with Crippen molar-refractivity contribution >= 4 is 11.6 Å². The predicted molar refractivity (Wildman–Crippen MR) is 75.5 cm³/mol. The molecule has 20 heavy (non-hydrogen) atoms. The zero-order chi connectivity index (χ0) is 14.3. The smallest absolute Gasteiger partial charge is 0.130 e. The van der Waals surface area contributed by atoms with Crippen molar-refractivity contribution in [3.63, 3.8) is 0 Å². The molecule has 1 aliphatic rings. The number of ether oxygens (including phenoxy) is 1. The van der Waals surface area contributed by atoms with Crippen LogP contribution in [0.2, 0.25) is 5.02 Å². The molecular formula is C16H14ClFO2. The molecule has 2 nitrogen and oxygen atoms in total. The average molecular weight is 293 g/mol. The first-order valence-corrected chi connectivity index (χ1v) is 6.82. The quantitative estimate of drug-likeness (QED) is 0.847. The second-order valence-corrected chi connectivity index (χ2v) is 5.50. The summed E-state index contributed by atoms with van der Waals surface area (Å²) < 4.78 is 19.7. The molecule has 2 unspecified atom stereocenters. The van der Waals surface area contributed by atoms with Crippen molar-refractivity contribution in [1.29, 1.82) is 0 Å². The Morgan fingerprint density at radius 3 is 2.80 bits per heavy atom. The van der Waals surface area contributed by atoms with Crippen LogP contribution in [0.15, 0.2) is 36.4 Å². The van der Waals surface area contributed by atoms with Gasteiger partial charge in [0.1, 0.15) is 17.7 Å². The Kier molecular flexibility index (Phi) is 3.40. The number of rotatable bonds is 1. The minimum atomic E-state index is -0.665. The first-order valence-electron chi connectivity index (χ1n) is 6.45. The van der Waals surface area contributed by atoms with Crippen LogP contribution in [0.25, 0.3) is 0 Å². The van der Waals surface area contributed by atoms with Crippen molar-refractivity contribution in [1.82, 2.24) is 0 Å². The Hall–Kier alpha value is -1.58. The molecule has 0 saturated heterocycles. The number of benzene rings is 2. The molecular weight excluding hydrogens is 279 g/mol. The van der Waals surface area contributed by atoms with Gasteiger partial charge < -0.3 is 9.84 Å². The molecule has 0 spiro atoms. The zero-order valence-corrected chi connectivity index (χ0v) is 11.7. The molecule has 2 aromatic carbocycles. The van der Waals surface area contributed by atoms with Gasteiger partial charge >= 0.3 is 0 Å². The van der Waals surface area contributed by atoms with Crippen molar-refractivity contribution in [2.24, 2.45) is 0 Å². The summed E-state index contributed by atoms with van der Waals surface area (Å²) in [4.78, 5) is 0. The molecule has 104 valence electrons. The second-order valence-electron chi connectivity index (χ2n) is 5.07. The Bertz CT molecular complexity index is 657. The van der Waals surface area contributed by atoms with Gasteiger partial charge in [0.15, 0.2) is 0 Å². The fourth-order valence-electron chi connectivity index (χ4n) is 2.52.